The minimum absolute atomic E-state index is 1.01. The van der Waals surface area contributed by atoms with Crippen LogP contribution < -0.4 is 0 Å². The van der Waals surface area contributed by atoms with Crippen molar-refractivity contribution in [1.29, 1.82) is 0 Å². The van der Waals surface area contributed by atoms with Gasteiger partial charge in [-0.3, -0.25) is 0 Å². The van der Waals surface area contributed by atoms with Crippen LogP contribution in [0.4, 0.5) is 0 Å². The molecule has 2 nitrogen and oxygen atoms in total. The molecule has 0 aliphatic carbocycles. The summed E-state index contributed by atoms with van der Waals surface area (Å²) < 4.78 is 1.94. The molecule has 0 spiro atoms. The van der Waals surface area contributed by atoms with Crippen molar-refractivity contribution in [2.45, 2.75) is 6.42 Å². The first-order valence-corrected chi connectivity index (χ1v) is 4.65. The van der Waals surface area contributed by atoms with Crippen molar-refractivity contribution in [2.75, 3.05) is 5.33 Å². The van der Waals surface area contributed by atoms with Gasteiger partial charge in [-0.25, -0.2) is 4.98 Å². The highest BCUT2D eigenvalue weighted by Gasteiger charge is 1.87. The molecule has 0 saturated carbocycles. The van der Waals surface area contributed by atoms with Crippen molar-refractivity contribution in [3.05, 3.63) is 24.3 Å². The summed E-state index contributed by atoms with van der Waals surface area (Å²) in [6.45, 7) is 0. The Hall–Kier alpha value is -0.570. The molecule has 60 valence electrons. The molecule has 0 aliphatic heterocycles. The van der Waals surface area contributed by atoms with E-state index in [2.05, 4.69) is 27.0 Å². The average molecular weight is 215 g/mol. The fraction of sp³-hybridized carbons (Fsp3) is 0.375. The molecule has 0 saturated heterocycles. The van der Waals surface area contributed by atoms with Gasteiger partial charge in [0.1, 0.15) is 0 Å². The predicted octanol–water partition coefficient (Wildman–Crippen LogP) is 2.22. The number of halogens is 1. The van der Waals surface area contributed by atoms with E-state index in [4.69, 9.17) is 0 Å². The summed E-state index contributed by atoms with van der Waals surface area (Å²) >= 11 is 3.35. The zero-order valence-electron chi connectivity index (χ0n) is 6.50. The van der Waals surface area contributed by atoms with Crippen molar-refractivity contribution in [2.24, 2.45) is 7.05 Å². The molecule has 1 aromatic rings. The topological polar surface area (TPSA) is 17.8 Å². The Balaban J connectivity index is 2.50. The van der Waals surface area contributed by atoms with E-state index in [1.54, 1.807) is 6.33 Å². The van der Waals surface area contributed by atoms with Gasteiger partial charge in [0.25, 0.3) is 0 Å². The molecule has 0 unspecified atom stereocenters. The number of alkyl halides is 1. The van der Waals surface area contributed by atoms with Gasteiger partial charge in [-0.1, -0.05) is 22.0 Å². The number of hydrogen-bond donors (Lipinski definition) is 0. The lowest BCUT2D eigenvalue weighted by Crippen LogP contribution is -1.77. The number of nitrogens with zero attached hydrogens (tertiary/aromatic N) is 2. The third-order valence-corrected chi connectivity index (χ3v) is 1.75. The summed E-state index contributed by atoms with van der Waals surface area (Å²) in [5, 5.41) is 1.01. The summed E-state index contributed by atoms with van der Waals surface area (Å²) in [7, 11) is 1.97. The van der Waals surface area contributed by atoms with Gasteiger partial charge >= 0.3 is 0 Å². The van der Waals surface area contributed by atoms with Crippen LogP contribution in [0.3, 0.4) is 0 Å². The number of allylic oxidation sites excluding steroid dienone is 1. The molecule has 1 heterocycles. The van der Waals surface area contributed by atoms with Crippen LogP contribution in [0.1, 0.15) is 12.1 Å². The van der Waals surface area contributed by atoms with E-state index in [0.717, 1.165) is 17.4 Å². The number of aromatic nitrogens is 2. The van der Waals surface area contributed by atoms with Gasteiger partial charge in [0.05, 0.1) is 12.0 Å². The van der Waals surface area contributed by atoms with Gasteiger partial charge in [0, 0.05) is 18.6 Å². The van der Waals surface area contributed by atoms with Crippen molar-refractivity contribution < 1.29 is 0 Å². The summed E-state index contributed by atoms with van der Waals surface area (Å²) in [5.41, 5.74) is 1.02. The molecule has 11 heavy (non-hydrogen) atoms. The van der Waals surface area contributed by atoms with E-state index in [0.29, 0.717) is 0 Å². The molecule has 0 amide bonds. The highest BCUT2D eigenvalue weighted by molar-refractivity contribution is 9.09. The van der Waals surface area contributed by atoms with E-state index in [9.17, 15) is 0 Å². The maximum atomic E-state index is 4.15. The first-order valence-electron chi connectivity index (χ1n) is 3.53. The molecule has 0 aliphatic rings. The minimum Gasteiger partial charge on any atom is -0.340 e. The lowest BCUT2D eigenvalue weighted by Gasteiger charge is -1.83. The molecular formula is C8H11BrN2. The van der Waals surface area contributed by atoms with Crippen molar-refractivity contribution in [3.8, 4) is 0 Å². The fourth-order valence-corrected chi connectivity index (χ4v) is 1.05. The zero-order chi connectivity index (χ0) is 8.10. The van der Waals surface area contributed by atoms with Crippen LogP contribution in [0.2, 0.25) is 0 Å². The molecule has 1 aromatic heterocycles. The smallest absolute Gasteiger partial charge is 0.0950 e. The normalized spacial score (nSPS) is 11.1. The largest absolute Gasteiger partial charge is 0.340 e. The van der Waals surface area contributed by atoms with Crippen LogP contribution in [-0.2, 0) is 7.05 Å². The quantitative estimate of drug-likeness (QED) is 0.707. The Bertz CT molecular complexity index is 240. The SMILES string of the molecule is Cn1cnc(/C=C/CCBr)c1. The number of imidazole rings is 1. The Morgan fingerprint density at radius 1 is 1.73 bits per heavy atom. The highest BCUT2D eigenvalue weighted by Crippen LogP contribution is 1.99. The van der Waals surface area contributed by atoms with Crippen LogP contribution in [0.25, 0.3) is 6.08 Å². The summed E-state index contributed by atoms with van der Waals surface area (Å²) in [4.78, 5) is 4.15. The van der Waals surface area contributed by atoms with Gasteiger partial charge in [-0.05, 0) is 12.5 Å². The first-order chi connectivity index (χ1) is 5.33. The standard InChI is InChI=1S/C8H11BrN2/c1-11-6-8(10-7-11)4-2-3-5-9/h2,4,6-7H,3,5H2,1H3/b4-2+. The van der Waals surface area contributed by atoms with Crippen molar-refractivity contribution in [3.63, 3.8) is 0 Å². The Morgan fingerprint density at radius 2 is 2.55 bits per heavy atom. The zero-order valence-corrected chi connectivity index (χ0v) is 8.08. The van der Waals surface area contributed by atoms with E-state index in [1.165, 1.54) is 0 Å². The van der Waals surface area contributed by atoms with Crippen LogP contribution in [0.15, 0.2) is 18.6 Å². The number of hydrogen-bond acceptors (Lipinski definition) is 1. The second kappa shape index (κ2) is 4.34. The second-order valence-electron chi connectivity index (χ2n) is 2.34. The van der Waals surface area contributed by atoms with E-state index in [-0.39, 0.29) is 0 Å². The van der Waals surface area contributed by atoms with Gasteiger partial charge in [0.15, 0.2) is 0 Å². The summed E-state index contributed by atoms with van der Waals surface area (Å²) in [5.74, 6) is 0. The van der Waals surface area contributed by atoms with Crippen LogP contribution >= 0.6 is 15.9 Å². The summed E-state index contributed by atoms with van der Waals surface area (Å²) in [6.07, 6.45) is 8.98. The average Bonchev–Trinajstić information content (AvgIpc) is 2.37. The monoisotopic (exact) mass is 214 g/mol. The fourth-order valence-electron chi connectivity index (χ4n) is 0.786. The molecule has 0 aromatic carbocycles. The van der Waals surface area contributed by atoms with Gasteiger partial charge in [0.2, 0.25) is 0 Å². The van der Waals surface area contributed by atoms with Gasteiger partial charge in [-0.15, -0.1) is 0 Å². The van der Waals surface area contributed by atoms with Crippen molar-refractivity contribution in [1.82, 2.24) is 9.55 Å². The van der Waals surface area contributed by atoms with E-state index >= 15 is 0 Å². The van der Waals surface area contributed by atoms with Gasteiger partial charge < -0.3 is 4.57 Å². The third-order valence-electron chi connectivity index (χ3n) is 1.29. The Kier molecular flexibility index (Phi) is 3.36. The van der Waals surface area contributed by atoms with E-state index in [1.807, 2.05) is 23.9 Å². The summed E-state index contributed by atoms with van der Waals surface area (Å²) in [6, 6.07) is 0. The molecule has 0 N–H and O–H groups in total. The minimum atomic E-state index is 1.01. The molecule has 3 heteroatoms. The van der Waals surface area contributed by atoms with Crippen LogP contribution in [0.5, 0.6) is 0 Å². The Morgan fingerprint density at radius 3 is 3.09 bits per heavy atom. The molecule has 1 rings (SSSR count). The maximum Gasteiger partial charge on any atom is 0.0950 e. The Labute approximate surface area is 75.1 Å². The molecule has 0 radical (unpaired) electrons. The lowest BCUT2D eigenvalue weighted by molar-refractivity contribution is 0.913. The van der Waals surface area contributed by atoms with Gasteiger partial charge in [-0.2, -0.15) is 0 Å². The molecule has 0 fully saturated rings. The first kappa shape index (κ1) is 8.53. The maximum absolute atomic E-state index is 4.15. The lowest BCUT2D eigenvalue weighted by atomic mass is 10.3. The van der Waals surface area contributed by atoms with Crippen LogP contribution in [-0.4, -0.2) is 14.9 Å². The molecule has 0 bridgehead atoms. The second-order valence-corrected chi connectivity index (χ2v) is 3.14. The number of rotatable bonds is 3. The molecular weight excluding hydrogens is 204 g/mol. The van der Waals surface area contributed by atoms with Crippen molar-refractivity contribution >= 4 is 22.0 Å². The number of aryl methyl sites for hydroxylation is 1. The predicted molar refractivity (Wildman–Crippen MR) is 50.7 cm³/mol. The van der Waals surface area contributed by atoms with E-state index < -0.39 is 0 Å². The third kappa shape index (κ3) is 2.89. The highest BCUT2D eigenvalue weighted by atomic mass is 79.9. The molecule has 0 atom stereocenters. The van der Waals surface area contributed by atoms with Crippen LogP contribution in [0, 0.1) is 0 Å².